The molecule has 0 heterocycles. The molecule has 0 fully saturated rings. The van der Waals surface area contributed by atoms with Crippen LogP contribution in [0.1, 0.15) is 0 Å². The van der Waals surface area contributed by atoms with E-state index in [-0.39, 0.29) is 0 Å². The van der Waals surface area contributed by atoms with Crippen molar-refractivity contribution < 1.29 is 0 Å². The molecule has 0 radical (unpaired) electrons. The van der Waals surface area contributed by atoms with E-state index >= 15 is 0 Å². The van der Waals surface area contributed by atoms with Gasteiger partial charge in [-0.3, -0.25) is 0 Å². The van der Waals surface area contributed by atoms with E-state index in [9.17, 15) is 0 Å². The zero-order valence-corrected chi connectivity index (χ0v) is 64.7. The van der Waals surface area contributed by atoms with E-state index in [1.807, 2.05) is 0 Å². The lowest BCUT2D eigenvalue weighted by atomic mass is 9.73. The zero-order chi connectivity index (χ0) is 77.7. The van der Waals surface area contributed by atoms with Crippen molar-refractivity contribution in [1.82, 2.24) is 0 Å². The van der Waals surface area contributed by atoms with E-state index < -0.39 is 0 Å². The van der Waals surface area contributed by atoms with Gasteiger partial charge in [0.15, 0.2) is 0 Å². The molecular weight excluding hydrogens is 1420 g/mol. The van der Waals surface area contributed by atoms with E-state index in [0.717, 1.165) is 116 Å². The lowest BCUT2D eigenvalue weighted by Crippen LogP contribution is -2.03. The first-order chi connectivity index (χ1) is 58.5. The van der Waals surface area contributed by atoms with E-state index in [0.29, 0.717) is 0 Å². The molecule has 23 rings (SSSR count). The highest BCUT2D eigenvalue weighted by atomic mass is 14.3. The van der Waals surface area contributed by atoms with Crippen LogP contribution >= 0.6 is 0 Å². The van der Waals surface area contributed by atoms with Crippen molar-refractivity contribution in [2.24, 2.45) is 0 Å². The van der Waals surface area contributed by atoms with Gasteiger partial charge in [0, 0.05) is 0 Å². The van der Waals surface area contributed by atoms with Gasteiger partial charge in [-0.2, -0.15) is 0 Å². The first-order valence-electron chi connectivity index (χ1n) is 41.0. The van der Waals surface area contributed by atoms with Crippen LogP contribution in [-0.4, -0.2) is 0 Å². The number of hydrogen-bond acceptors (Lipinski definition) is 0. The monoisotopic (exact) mass is 1490 g/mol. The summed E-state index contributed by atoms with van der Waals surface area (Å²) in [5, 5.41) is 23.9. The summed E-state index contributed by atoms with van der Waals surface area (Å²) in [7, 11) is 0. The molecule has 118 heavy (non-hydrogen) atoms. The normalized spacial score (nSPS) is 11.7. The summed E-state index contributed by atoms with van der Waals surface area (Å²) in [6.07, 6.45) is 0. The van der Waals surface area contributed by atoms with Gasteiger partial charge in [0.25, 0.3) is 0 Å². The van der Waals surface area contributed by atoms with Gasteiger partial charge in [0.1, 0.15) is 0 Å². The fourth-order valence-electron chi connectivity index (χ4n) is 19.3. The lowest BCUT2D eigenvalue weighted by Gasteiger charge is -2.30. The van der Waals surface area contributed by atoms with Crippen LogP contribution in [0.25, 0.3) is 241 Å². The van der Waals surface area contributed by atoms with Gasteiger partial charge in [-0.15, -0.1) is 0 Å². The van der Waals surface area contributed by atoms with E-state index in [1.165, 1.54) is 125 Å². The Bertz CT molecular complexity index is 7620. The van der Waals surface area contributed by atoms with E-state index in [4.69, 9.17) is 0 Å². The van der Waals surface area contributed by atoms with Crippen molar-refractivity contribution in [3.05, 3.63) is 449 Å². The molecule has 0 nitrogen and oxygen atoms in total. The molecule has 0 saturated carbocycles. The van der Waals surface area contributed by atoms with Gasteiger partial charge < -0.3 is 0 Å². The molecular formula is C118H74. The molecule has 23 aromatic carbocycles. The molecule has 0 bridgehead atoms. The summed E-state index contributed by atoms with van der Waals surface area (Å²) in [5.41, 5.74) is 27.4. The molecule has 0 aliphatic heterocycles. The van der Waals surface area contributed by atoms with Crippen LogP contribution in [0.2, 0.25) is 0 Å². The Balaban J connectivity index is 0.951. The highest BCUT2D eigenvalue weighted by Gasteiger charge is 2.32. The lowest BCUT2D eigenvalue weighted by molar-refractivity contribution is 1.54. The summed E-state index contributed by atoms with van der Waals surface area (Å²) >= 11 is 0. The second kappa shape index (κ2) is 28.3. The smallest absolute Gasteiger partial charge is 0.00134 e. The topological polar surface area (TPSA) is 0 Å². The van der Waals surface area contributed by atoms with Gasteiger partial charge in [-0.1, -0.05) is 376 Å². The fraction of sp³-hybridized carbons (Fsp3) is 0. The molecule has 0 unspecified atom stereocenters. The second-order valence-corrected chi connectivity index (χ2v) is 31.7. The van der Waals surface area contributed by atoms with Gasteiger partial charge in [-0.05, 0) is 314 Å². The Labute approximate surface area is 685 Å². The maximum Gasteiger partial charge on any atom is -0.00134 e. The van der Waals surface area contributed by atoms with Gasteiger partial charge in [-0.25, -0.2) is 0 Å². The minimum atomic E-state index is 1.09. The summed E-state index contributed by atoms with van der Waals surface area (Å²) in [5.74, 6) is 0. The third kappa shape index (κ3) is 11.8. The molecule has 0 aromatic heterocycles. The molecule has 23 aromatic rings. The predicted molar refractivity (Wildman–Crippen MR) is 507 cm³/mol. The standard InChI is InChI=1S/C118H74/c1-6-25-75(26-7-1)80-35-24-36-91(66-80)110-74-98(71-97-70-84(57-60-99(97)110)79-33-14-5-15-34-79)118-114(93-55-52-86-64-82(46-49-89(86)68-93)77-29-10-3-11-30-77)116(95-58-61-108-104-41-18-16-37-100(104)102-39-20-22-43-106(102)111(108)72-95)113(92-54-51-85-63-81(45-48-88(85)67-92)76-27-8-2-9-28-76)117(115(118)94-56-53-87-65-83(47-50-90(87)69-94)78-31-12-4-13-32-78)96-59-62-109-105-42-19-17-38-101(105)103-40-21-23-44-107(103)112(109)73-96/h1-74H. The highest BCUT2D eigenvalue weighted by molar-refractivity contribution is 6.29. The van der Waals surface area contributed by atoms with Crippen molar-refractivity contribution in [3.8, 4) is 134 Å². The largest absolute Gasteiger partial charge is 0.0622 e. The maximum atomic E-state index is 2.56. The molecule has 0 aliphatic carbocycles. The van der Waals surface area contributed by atoms with Crippen molar-refractivity contribution in [1.29, 1.82) is 0 Å². The quantitative estimate of drug-likeness (QED) is 0.107. The van der Waals surface area contributed by atoms with Crippen LogP contribution < -0.4 is 0 Å². The Morgan fingerprint density at radius 2 is 0.288 bits per heavy atom. The van der Waals surface area contributed by atoms with Gasteiger partial charge in [0.05, 0.1) is 0 Å². The Morgan fingerprint density at radius 3 is 0.619 bits per heavy atom. The van der Waals surface area contributed by atoms with Crippen LogP contribution in [0.5, 0.6) is 0 Å². The number of rotatable bonds is 12. The van der Waals surface area contributed by atoms with Crippen LogP contribution in [0.3, 0.4) is 0 Å². The molecule has 0 heteroatoms. The van der Waals surface area contributed by atoms with Gasteiger partial charge >= 0.3 is 0 Å². The minimum Gasteiger partial charge on any atom is -0.0622 e. The molecule has 0 N–H and O–H groups in total. The van der Waals surface area contributed by atoms with Crippen LogP contribution in [0, 0.1) is 0 Å². The summed E-state index contributed by atoms with van der Waals surface area (Å²) in [6, 6.07) is 170. The number of benzene rings is 23. The van der Waals surface area contributed by atoms with E-state index in [1.54, 1.807) is 0 Å². The molecule has 0 atom stereocenters. The molecule has 546 valence electrons. The van der Waals surface area contributed by atoms with Crippen LogP contribution in [0.4, 0.5) is 0 Å². The average molecular weight is 1490 g/mol. The second-order valence-electron chi connectivity index (χ2n) is 31.7. The Morgan fingerprint density at radius 1 is 0.0847 bits per heavy atom. The first-order valence-corrected chi connectivity index (χ1v) is 41.0. The zero-order valence-electron chi connectivity index (χ0n) is 64.7. The van der Waals surface area contributed by atoms with Crippen molar-refractivity contribution in [3.63, 3.8) is 0 Å². The Kier molecular flexibility index (Phi) is 16.4. The summed E-state index contributed by atoms with van der Waals surface area (Å²) < 4.78 is 0. The van der Waals surface area contributed by atoms with Crippen molar-refractivity contribution in [2.45, 2.75) is 0 Å². The first kappa shape index (κ1) is 68.3. The molecule has 0 amide bonds. The SMILES string of the molecule is c1ccc(-c2cccc(-c3cc(-c4c(-c5ccc6cc(-c7ccccc7)ccc6c5)c(-c5ccc6c7ccccc7c7ccccc7c6c5)c(-c5ccc6cc(-c7ccccc7)ccc6c5)c(-c5ccc6c7ccccc7c7ccccc7c6c5)c4-c4ccc5cc(-c6ccccc6)ccc5c4)cc4cc(-c5ccccc5)ccc34)c2)cc1. The third-order valence-corrected chi connectivity index (χ3v) is 24.9. The van der Waals surface area contributed by atoms with Crippen molar-refractivity contribution in [2.75, 3.05) is 0 Å². The van der Waals surface area contributed by atoms with E-state index in [2.05, 4.69) is 449 Å². The minimum absolute atomic E-state index is 1.09. The maximum absolute atomic E-state index is 2.56. The highest BCUT2D eigenvalue weighted by Crippen LogP contribution is 2.59. The van der Waals surface area contributed by atoms with Gasteiger partial charge in [0.2, 0.25) is 0 Å². The number of hydrogen-bond donors (Lipinski definition) is 0. The van der Waals surface area contributed by atoms with Crippen LogP contribution in [-0.2, 0) is 0 Å². The fourth-order valence-corrected chi connectivity index (χ4v) is 19.3. The Hall–Kier alpha value is -15.3. The summed E-state index contributed by atoms with van der Waals surface area (Å²) in [4.78, 5) is 0. The molecule has 0 aliphatic rings. The molecule has 0 spiro atoms. The summed E-state index contributed by atoms with van der Waals surface area (Å²) in [6.45, 7) is 0. The van der Waals surface area contributed by atoms with Crippen LogP contribution in [0.15, 0.2) is 449 Å². The predicted octanol–water partition coefficient (Wildman–Crippen LogP) is 33.2. The molecule has 0 saturated heterocycles. The third-order valence-electron chi connectivity index (χ3n) is 24.9. The number of fused-ring (bicyclic) bond motifs is 16. The van der Waals surface area contributed by atoms with Crippen molar-refractivity contribution >= 4 is 108 Å². The average Bonchev–Trinajstić information content (AvgIpc) is 0.701.